The molecular formula is C15H24N2O3. The van der Waals surface area contributed by atoms with Crippen molar-refractivity contribution in [3.8, 4) is 0 Å². The van der Waals surface area contributed by atoms with Crippen LogP contribution in [0.15, 0.2) is 22.8 Å². The predicted octanol–water partition coefficient (Wildman–Crippen LogP) is 1.83. The van der Waals surface area contributed by atoms with Crippen LogP contribution >= 0.6 is 0 Å². The van der Waals surface area contributed by atoms with Gasteiger partial charge in [0.05, 0.1) is 18.9 Å². The number of carbonyl (C=O) groups is 1. The van der Waals surface area contributed by atoms with Crippen molar-refractivity contribution >= 4 is 5.91 Å². The Kier molecular flexibility index (Phi) is 5.61. The third kappa shape index (κ3) is 4.35. The summed E-state index contributed by atoms with van der Waals surface area (Å²) >= 11 is 0. The first-order valence-corrected chi connectivity index (χ1v) is 7.32. The molecule has 2 rings (SSSR count). The third-order valence-corrected chi connectivity index (χ3v) is 3.87. The van der Waals surface area contributed by atoms with E-state index >= 15 is 0 Å². The van der Waals surface area contributed by atoms with Gasteiger partial charge < -0.3 is 19.8 Å². The monoisotopic (exact) mass is 280 g/mol. The van der Waals surface area contributed by atoms with Crippen LogP contribution in [0.3, 0.4) is 0 Å². The minimum atomic E-state index is -0.416. The van der Waals surface area contributed by atoms with E-state index < -0.39 is 6.10 Å². The lowest BCUT2D eigenvalue weighted by Crippen LogP contribution is -2.39. The van der Waals surface area contributed by atoms with E-state index in [1.54, 1.807) is 6.26 Å². The number of nitrogens with one attached hydrogen (secondary N) is 2. The maximum Gasteiger partial charge on any atom is 0.249 e. The molecule has 0 radical (unpaired) electrons. The molecule has 0 spiro atoms. The molecule has 1 aromatic heterocycles. The fourth-order valence-corrected chi connectivity index (χ4v) is 2.57. The van der Waals surface area contributed by atoms with Crippen LogP contribution in [0.1, 0.15) is 38.4 Å². The number of hydrogen-bond donors (Lipinski definition) is 2. The van der Waals surface area contributed by atoms with Gasteiger partial charge in [0.25, 0.3) is 0 Å². The molecule has 0 saturated heterocycles. The highest BCUT2D eigenvalue weighted by atomic mass is 16.5. The lowest BCUT2D eigenvalue weighted by Gasteiger charge is -2.29. The summed E-state index contributed by atoms with van der Waals surface area (Å²) in [6.45, 7) is 2.22. The SMILES string of the molecule is CNC1CCC(OC(C)C(=O)NCc2ccco2)CC1. The average molecular weight is 280 g/mol. The van der Waals surface area contributed by atoms with Gasteiger partial charge in [0.15, 0.2) is 0 Å². The normalized spacial score (nSPS) is 24.3. The molecule has 112 valence electrons. The summed E-state index contributed by atoms with van der Waals surface area (Å²) in [5, 5.41) is 6.12. The van der Waals surface area contributed by atoms with Crippen molar-refractivity contribution in [1.82, 2.24) is 10.6 Å². The number of hydrogen-bond acceptors (Lipinski definition) is 4. The Morgan fingerprint density at radius 1 is 1.45 bits per heavy atom. The van der Waals surface area contributed by atoms with Gasteiger partial charge in [-0.05, 0) is 51.8 Å². The van der Waals surface area contributed by atoms with Crippen molar-refractivity contribution in [2.24, 2.45) is 0 Å². The first-order valence-electron chi connectivity index (χ1n) is 7.32. The quantitative estimate of drug-likeness (QED) is 0.834. The smallest absolute Gasteiger partial charge is 0.249 e. The minimum Gasteiger partial charge on any atom is -0.467 e. The van der Waals surface area contributed by atoms with E-state index in [1.165, 1.54) is 0 Å². The summed E-state index contributed by atoms with van der Waals surface area (Å²) in [4.78, 5) is 11.9. The summed E-state index contributed by atoms with van der Waals surface area (Å²) in [5.41, 5.74) is 0. The molecule has 1 atom stereocenters. The molecule has 1 saturated carbocycles. The van der Waals surface area contributed by atoms with Crippen LogP contribution in [-0.2, 0) is 16.1 Å². The van der Waals surface area contributed by atoms with Crippen LogP contribution in [0.2, 0.25) is 0 Å². The first kappa shape index (κ1) is 15.1. The van der Waals surface area contributed by atoms with Crippen molar-refractivity contribution in [2.75, 3.05) is 7.05 Å². The molecular weight excluding hydrogens is 256 g/mol. The zero-order valence-corrected chi connectivity index (χ0v) is 12.2. The highest BCUT2D eigenvalue weighted by molar-refractivity contribution is 5.80. The van der Waals surface area contributed by atoms with Crippen molar-refractivity contribution in [3.05, 3.63) is 24.2 Å². The van der Waals surface area contributed by atoms with Gasteiger partial charge in [0, 0.05) is 6.04 Å². The number of furan rings is 1. The second-order valence-electron chi connectivity index (χ2n) is 5.34. The Labute approximate surface area is 120 Å². The number of ether oxygens (including phenoxy) is 1. The molecule has 5 heteroatoms. The molecule has 0 aliphatic heterocycles. The first-order chi connectivity index (χ1) is 9.69. The Balaban J connectivity index is 1.68. The minimum absolute atomic E-state index is 0.0860. The van der Waals surface area contributed by atoms with Crippen LogP contribution in [0, 0.1) is 0 Å². The number of rotatable bonds is 6. The van der Waals surface area contributed by atoms with Gasteiger partial charge >= 0.3 is 0 Å². The van der Waals surface area contributed by atoms with Crippen molar-refractivity contribution < 1.29 is 13.9 Å². The molecule has 20 heavy (non-hydrogen) atoms. The Hall–Kier alpha value is -1.33. The Morgan fingerprint density at radius 3 is 2.80 bits per heavy atom. The van der Waals surface area contributed by atoms with E-state index in [1.807, 2.05) is 26.1 Å². The molecule has 0 bridgehead atoms. The van der Waals surface area contributed by atoms with Gasteiger partial charge in [0.1, 0.15) is 11.9 Å². The van der Waals surface area contributed by atoms with Crippen LogP contribution in [-0.4, -0.2) is 31.2 Å². The summed E-state index contributed by atoms with van der Waals surface area (Å²) in [6, 6.07) is 4.24. The molecule has 2 N–H and O–H groups in total. The zero-order chi connectivity index (χ0) is 14.4. The van der Waals surface area contributed by atoms with Crippen molar-refractivity contribution in [3.63, 3.8) is 0 Å². The van der Waals surface area contributed by atoms with E-state index in [0.29, 0.717) is 12.6 Å². The van der Waals surface area contributed by atoms with Crippen LogP contribution in [0.4, 0.5) is 0 Å². The van der Waals surface area contributed by atoms with Gasteiger partial charge in [-0.25, -0.2) is 0 Å². The van der Waals surface area contributed by atoms with Crippen LogP contribution in [0.25, 0.3) is 0 Å². The van der Waals surface area contributed by atoms with Gasteiger partial charge in [-0.2, -0.15) is 0 Å². The van der Waals surface area contributed by atoms with E-state index in [4.69, 9.17) is 9.15 Å². The topological polar surface area (TPSA) is 63.5 Å². The summed E-state index contributed by atoms with van der Waals surface area (Å²) in [5.74, 6) is 0.664. The highest BCUT2D eigenvalue weighted by Crippen LogP contribution is 2.22. The molecule has 1 amide bonds. The van der Waals surface area contributed by atoms with E-state index in [2.05, 4.69) is 10.6 Å². The molecule has 0 aromatic carbocycles. The van der Waals surface area contributed by atoms with Gasteiger partial charge in [-0.1, -0.05) is 0 Å². The third-order valence-electron chi connectivity index (χ3n) is 3.87. The molecule has 1 unspecified atom stereocenters. The van der Waals surface area contributed by atoms with Gasteiger partial charge in [-0.15, -0.1) is 0 Å². The predicted molar refractivity (Wildman–Crippen MR) is 76.2 cm³/mol. The molecule has 1 aliphatic carbocycles. The molecule has 1 heterocycles. The standard InChI is InChI=1S/C15H24N2O3/c1-11(15(18)17-10-14-4-3-9-19-14)20-13-7-5-12(16-2)6-8-13/h3-4,9,11-13,16H,5-8,10H2,1-2H3,(H,17,18). The maximum absolute atomic E-state index is 11.9. The van der Waals surface area contributed by atoms with E-state index in [0.717, 1.165) is 31.4 Å². The molecule has 1 fully saturated rings. The second-order valence-corrected chi connectivity index (χ2v) is 5.34. The molecule has 1 aliphatic rings. The fraction of sp³-hybridized carbons (Fsp3) is 0.667. The van der Waals surface area contributed by atoms with Gasteiger partial charge in [-0.3, -0.25) is 4.79 Å². The largest absolute Gasteiger partial charge is 0.467 e. The summed E-state index contributed by atoms with van der Waals surface area (Å²) < 4.78 is 11.0. The lowest BCUT2D eigenvalue weighted by atomic mass is 9.93. The highest BCUT2D eigenvalue weighted by Gasteiger charge is 2.24. The maximum atomic E-state index is 11.9. The Bertz CT molecular complexity index is 397. The summed E-state index contributed by atoms with van der Waals surface area (Å²) in [6.07, 6.45) is 5.64. The van der Waals surface area contributed by atoms with Crippen molar-refractivity contribution in [2.45, 2.75) is 57.4 Å². The van der Waals surface area contributed by atoms with Crippen molar-refractivity contribution in [1.29, 1.82) is 0 Å². The molecule has 5 nitrogen and oxygen atoms in total. The fourth-order valence-electron chi connectivity index (χ4n) is 2.57. The average Bonchev–Trinajstić information content (AvgIpc) is 2.98. The van der Waals surface area contributed by atoms with Crippen LogP contribution < -0.4 is 10.6 Å². The second kappa shape index (κ2) is 7.45. The van der Waals surface area contributed by atoms with Crippen LogP contribution in [0.5, 0.6) is 0 Å². The van der Waals surface area contributed by atoms with E-state index in [-0.39, 0.29) is 12.0 Å². The Morgan fingerprint density at radius 2 is 2.20 bits per heavy atom. The zero-order valence-electron chi connectivity index (χ0n) is 12.2. The molecule has 1 aromatic rings. The number of amides is 1. The summed E-state index contributed by atoms with van der Waals surface area (Å²) in [7, 11) is 2.00. The van der Waals surface area contributed by atoms with E-state index in [9.17, 15) is 4.79 Å². The lowest BCUT2D eigenvalue weighted by molar-refractivity contribution is -0.136. The van der Waals surface area contributed by atoms with Gasteiger partial charge in [0.2, 0.25) is 5.91 Å². The number of carbonyl (C=O) groups excluding carboxylic acids is 1.